The molecule has 0 radical (unpaired) electrons. The minimum absolute atomic E-state index is 0.0367. The third-order valence-corrected chi connectivity index (χ3v) is 6.38. The molecular weight excluding hydrogens is 401 g/mol. The molecule has 10 heteroatoms. The van der Waals surface area contributed by atoms with Crippen molar-refractivity contribution in [3.05, 3.63) is 54.0 Å². The first kappa shape index (κ1) is 20.7. The number of para-hydroxylation sites is 1. The van der Waals surface area contributed by atoms with Crippen LogP contribution in [0.3, 0.4) is 0 Å². The fourth-order valence-corrected chi connectivity index (χ4v) is 4.73. The Morgan fingerprint density at radius 1 is 1.28 bits per heavy atom. The van der Waals surface area contributed by atoms with Crippen molar-refractivity contribution >= 4 is 33.2 Å². The van der Waals surface area contributed by atoms with Gasteiger partial charge in [-0.15, -0.1) is 0 Å². The van der Waals surface area contributed by atoms with Crippen molar-refractivity contribution in [3.63, 3.8) is 0 Å². The van der Waals surface area contributed by atoms with Crippen LogP contribution < -0.4 is 5.32 Å². The number of halogens is 1. The van der Waals surface area contributed by atoms with Gasteiger partial charge in [0.15, 0.2) is 16.4 Å². The Kier molecular flexibility index (Phi) is 6.12. The van der Waals surface area contributed by atoms with Gasteiger partial charge in [0, 0.05) is 19.3 Å². The number of carbonyl (C=O) groups is 2. The molecule has 1 aliphatic heterocycles. The molecular formula is C19H20FN3O5S. The number of nitrogens with zero attached hydrogens (tertiary/aromatic N) is 2. The van der Waals surface area contributed by atoms with Crippen molar-refractivity contribution in [2.45, 2.75) is 12.5 Å². The van der Waals surface area contributed by atoms with Gasteiger partial charge >= 0.3 is 5.97 Å². The summed E-state index contributed by atoms with van der Waals surface area (Å²) in [5, 5.41) is 2.74. The van der Waals surface area contributed by atoms with Crippen LogP contribution in [0.15, 0.2) is 42.6 Å². The van der Waals surface area contributed by atoms with Crippen molar-refractivity contribution in [2.24, 2.45) is 0 Å². The number of hydrogen-bond donors (Lipinski definition) is 1. The monoisotopic (exact) mass is 421 g/mol. The third-order valence-electron chi connectivity index (χ3n) is 4.63. The average Bonchev–Trinajstić information content (AvgIpc) is 3.07. The highest BCUT2D eigenvalue weighted by atomic mass is 32.2. The van der Waals surface area contributed by atoms with Gasteiger partial charge in [-0.2, -0.15) is 0 Å². The molecule has 1 N–H and O–H groups in total. The number of likely N-dealkylation sites (N-methyl/N-ethyl adjacent to an activating group) is 1. The maximum Gasteiger partial charge on any atom is 0.342 e. The molecule has 1 aromatic carbocycles. The third kappa shape index (κ3) is 5.08. The molecule has 3 rings (SSSR count). The van der Waals surface area contributed by atoms with E-state index in [0.29, 0.717) is 6.42 Å². The van der Waals surface area contributed by atoms with Crippen LogP contribution in [0.4, 0.5) is 15.9 Å². The molecule has 0 bridgehead atoms. The Hall–Kier alpha value is -3.01. The molecule has 1 aliphatic rings. The number of pyridine rings is 1. The van der Waals surface area contributed by atoms with Gasteiger partial charge in [-0.1, -0.05) is 12.1 Å². The molecule has 0 spiro atoms. The smallest absolute Gasteiger partial charge is 0.342 e. The summed E-state index contributed by atoms with van der Waals surface area (Å²) >= 11 is 0. The Labute approximate surface area is 167 Å². The average molecular weight is 421 g/mol. The highest BCUT2D eigenvalue weighted by Crippen LogP contribution is 2.22. The largest absolute Gasteiger partial charge is 0.452 e. The molecule has 0 unspecified atom stereocenters. The van der Waals surface area contributed by atoms with E-state index in [1.165, 1.54) is 48.5 Å². The Balaban J connectivity index is 1.64. The molecule has 1 amide bonds. The van der Waals surface area contributed by atoms with E-state index in [1.54, 1.807) is 6.07 Å². The summed E-state index contributed by atoms with van der Waals surface area (Å²) in [5.74, 6) is -1.80. The second-order valence-electron chi connectivity index (χ2n) is 6.64. The minimum atomic E-state index is -3.14. The molecule has 1 saturated heterocycles. The van der Waals surface area contributed by atoms with Crippen LogP contribution in [-0.2, 0) is 19.4 Å². The van der Waals surface area contributed by atoms with E-state index in [1.807, 2.05) is 0 Å². The normalized spacial score (nSPS) is 17.5. The number of aromatic nitrogens is 1. The van der Waals surface area contributed by atoms with Gasteiger partial charge in [0.25, 0.3) is 5.91 Å². The highest BCUT2D eigenvalue weighted by molar-refractivity contribution is 7.91. The Morgan fingerprint density at radius 2 is 2.03 bits per heavy atom. The van der Waals surface area contributed by atoms with Crippen LogP contribution in [0.5, 0.6) is 0 Å². The van der Waals surface area contributed by atoms with E-state index < -0.39 is 40.2 Å². The van der Waals surface area contributed by atoms with E-state index in [4.69, 9.17) is 4.74 Å². The van der Waals surface area contributed by atoms with Crippen molar-refractivity contribution < 1.29 is 27.1 Å². The van der Waals surface area contributed by atoms with Crippen LogP contribution in [0.25, 0.3) is 0 Å². The number of rotatable bonds is 6. The maximum atomic E-state index is 13.9. The summed E-state index contributed by atoms with van der Waals surface area (Å²) in [4.78, 5) is 30.0. The minimum Gasteiger partial charge on any atom is -0.452 e. The van der Waals surface area contributed by atoms with Crippen LogP contribution in [0.1, 0.15) is 16.8 Å². The number of esters is 1. The number of nitrogens with one attached hydrogen (secondary N) is 1. The first-order valence-electron chi connectivity index (χ1n) is 8.86. The SMILES string of the molecule is CN(C(=O)COC(=O)c1cccnc1Nc1ccccc1F)[C@@H]1CCS(=O)(=O)C1. The second-order valence-corrected chi connectivity index (χ2v) is 8.87. The molecule has 0 saturated carbocycles. The zero-order chi connectivity index (χ0) is 21.0. The molecule has 8 nitrogen and oxygen atoms in total. The summed E-state index contributed by atoms with van der Waals surface area (Å²) in [5.41, 5.74) is 0.174. The highest BCUT2D eigenvalue weighted by Gasteiger charge is 2.33. The summed E-state index contributed by atoms with van der Waals surface area (Å²) in [6.45, 7) is -0.542. The maximum absolute atomic E-state index is 13.9. The van der Waals surface area contributed by atoms with E-state index in [-0.39, 0.29) is 28.6 Å². The van der Waals surface area contributed by atoms with E-state index >= 15 is 0 Å². The van der Waals surface area contributed by atoms with Gasteiger partial charge in [-0.3, -0.25) is 4.79 Å². The number of hydrogen-bond acceptors (Lipinski definition) is 7. The summed E-state index contributed by atoms with van der Waals surface area (Å²) in [6, 6.07) is 8.45. The summed E-state index contributed by atoms with van der Waals surface area (Å²) in [6.07, 6.45) is 1.79. The van der Waals surface area contributed by atoms with Crippen molar-refractivity contribution in [3.8, 4) is 0 Å². The number of amides is 1. The van der Waals surface area contributed by atoms with Crippen molar-refractivity contribution in [1.82, 2.24) is 9.88 Å². The molecule has 1 aromatic heterocycles. The van der Waals surface area contributed by atoms with Crippen LogP contribution >= 0.6 is 0 Å². The van der Waals surface area contributed by atoms with Gasteiger partial charge in [-0.25, -0.2) is 22.6 Å². The number of benzene rings is 1. The van der Waals surface area contributed by atoms with Gasteiger partial charge in [0.1, 0.15) is 17.2 Å². The number of carbonyl (C=O) groups excluding carboxylic acids is 2. The molecule has 1 fully saturated rings. The lowest BCUT2D eigenvalue weighted by Gasteiger charge is -2.23. The number of anilines is 2. The van der Waals surface area contributed by atoms with E-state index in [2.05, 4.69) is 10.3 Å². The zero-order valence-electron chi connectivity index (χ0n) is 15.7. The van der Waals surface area contributed by atoms with Crippen LogP contribution in [-0.4, -0.2) is 61.4 Å². The molecule has 0 aliphatic carbocycles. The van der Waals surface area contributed by atoms with Crippen molar-refractivity contribution in [1.29, 1.82) is 0 Å². The fraction of sp³-hybridized carbons (Fsp3) is 0.316. The lowest BCUT2D eigenvalue weighted by molar-refractivity contribution is -0.134. The number of ether oxygens (including phenoxy) is 1. The molecule has 2 heterocycles. The molecule has 2 aromatic rings. The second kappa shape index (κ2) is 8.56. The lowest BCUT2D eigenvalue weighted by Crippen LogP contribution is -2.40. The quantitative estimate of drug-likeness (QED) is 0.709. The van der Waals surface area contributed by atoms with Crippen LogP contribution in [0, 0.1) is 5.82 Å². The first-order chi connectivity index (χ1) is 13.8. The Morgan fingerprint density at radius 3 is 2.72 bits per heavy atom. The summed E-state index contributed by atoms with van der Waals surface area (Å²) < 4.78 is 42.1. The van der Waals surface area contributed by atoms with E-state index in [9.17, 15) is 22.4 Å². The van der Waals surface area contributed by atoms with Gasteiger partial charge in [0.2, 0.25) is 0 Å². The van der Waals surface area contributed by atoms with Gasteiger partial charge in [0.05, 0.1) is 17.2 Å². The molecule has 1 atom stereocenters. The van der Waals surface area contributed by atoms with E-state index in [0.717, 1.165) is 0 Å². The molecule has 154 valence electrons. The predicted octanol–water partition coefficient (Wildman–Crippen LogP) is 1.77. The lowest BCUT2D eigenvalue weighted by atomic mass is 10.2. The van der Waals surface area contributed by atoms with Gasteiger partial charge < -0.3 is 15.0 Å². The predicted molar refractivity (Wildman–Crippen MR) is 104 cm³/mol. The fourth-order valence-electron chi connectivity index (χ4n) is 2.95. The van der Waals surface area contributed by atoms with Crippen molar-refractivity contribution in [2.75, 3.05) is 30.5 Å². The zero-order valence-corrected chi connectivity index (χ0v) is 16.5. The standard InChI is InChI=1S/C19H20FN3O5S/c1-23(13-8-10-29(26,27)12-13)17(24)11-28-19(25)14-5-4-9-21-18(14)22-16-7-3-2-6-15(16)20/h2-7,9,13H,8,10-12H2,1H3,(H,21,22)/t13-/m1/s1. The van der Waals surface area contributed by atoms with Gasteiger partial charge in [-0.05, 0) is 30.7 Å². The first-order valence-corrected chi connectivity index (χ1v) is 10.7. The van der Waals surface area contributed by atoms with Crippen LogP contribution in [0.2, 0.25) is 0 Å². The Bertz CT molecular complexity index is 1030. The number of sulfone groups is 1. The topological polar surface area (TPSA) is 106 Å². The summed E-state index contributed by atoms with van der Waals surface area (Å²) in [7, 11) is -1.65. The molecule has 29 heavy (non-hydrogen) atoms.